The van der Waals surface area contributed by atoms with Crippen molar-refractivity contribution in [2.75, 3.05) is 19.0 Å². The Hall–Kier alpha value is -3.13. The van der Waals surface area contributed by atoms with Crippen LogP contribution in [0.3, 0.4) is 0 Å². The van der Waals surface area contributed by atoms with E-state index in [2.05, 4.69) is 12.2 Å². The molecule has 0 unspecified atom stereocenters. The molecular formula is C21H22N2O5S. The number of hydrogen-bond acceptors (Lipinski definition) is 6. The summed E-state index contributed by atoms with van der Waals surface area (Å²) in [4.78, 5) is 38.2. The summed E-state index contributed by atoms with van der Waals surface area (Å²) in [6.45, 7) is 3.92. The molecule has 2 aromatic heterocycles. The normalized spacial score (nSPS) is 10.7. The average Bonchev–Trinajstić information content (AvgIpc) is 3.26. The molecule has 0 bridgehead atoms. The summed E-state index contributed by atoms with van der Waals surface area (Å²) >= 11 is 1.58. The minimum atomic E-state index is -0.508. The molecular weight excluding hydrogens is 392 g/mol. The number of nitrogens with one attached hydrogen (secondary N) is 1. The summed E-state index contributed by atoms with van der Waals surface area (Å²) in [5.41, 5.74) is 1.75. The van der Waals surface area contributed by atoms with E-state index in [4.69, 9.17) is 9.47 Å². The predicted octanol–water partition coefficient (Wildman–Crippen LogP) is 3.87. The van der Waals surface area contributed by atoms with E-state index in [-0.39, 0.29) is 24.6 Å². The van der Waals surface area contributed by atoms with Crippen LogP contribution < -0.4 is 5.32 Å². The smallest absolute Gasteiger partial charge is 0.354 e. The maximum absolute atomic E-state index is 12.8. The van der Waals surface area contributed by atoms with Gasteiger partial charge in [-0.05, 0) is 37.6 Å². The van der Waals surface area contributed by atoms with Crippen molar-refractivity contribution >= 4 is 45.1 Å². The third kappa shape index (κ3) is 4.32. The Morgan fingerprint density at radius 1 is 1.10 bits per heavy atom. The fourth-order valence-electron chi connectivity index (χ4n) is 3.02. The summed E-state index contributed by atoms with van der Waals surface area (Å²) in [5.74, 6) is -1.38. The Bertz CT molecular complexity index is 1070. The van der Waals surface area contributed by atoms with Crippen LogP contribution in [0.2, 0.25) is 0 Å². The zero-order valence-corrected chi connectivity index (χ0v) is 17.3. The summed E-state index contributed by atoms with van der Waals surface area (Å²) in [6.07, 6.45) is 0.867. The lowest BCUT2D eigenvalue weighted by Crippen LogP contribution is -2.23. The molecule has 1 aromatic carbocycles. The fourth-order valence-corrected chi connectivity index (χ4v) is 4.06. The summed E-state index contributed by atoms with van der Waals surface area (Å²) in [7, 11) is 1.31. The standard InChI is InChI=1S/C21H22N2O5S/c1-4-13-10-16-18(29-13)11-17(21(26)27-3)23(16)12-19(24)22-15-9-7-6-8-14(15)20(25)28-5-2/h6-11H,4-5,12H2,1-3H3,(H,22,24). The van der Waals surface area contributed by atoms with Crippen molar-refractivity contribution < 1.29 is 23.9 Å². The maximum atomic E-state index is 12.8. The van der Waals surface area contributed by atoms with Crippen molar-refractivity contribution in [3.8, 4) is 0 Å². The molecule has 1 N–H and O–H groups in total. The van der Waals surface area contributed by atoms with E-state index in [1.54, 1.807) is 53.2 Å². The number of ether oxygens (including phenoxy) is 2. The molecule has 0 aliphatic rings. The number of aromatic nitrogens is 1. The molecule has 7 nitrogen and oxygen atoms in total. The number of methoxy groups -OCH3 is 1. The maximum Gasteiger partial charge on any atom is 0.354 e. The lowest BCUT2D eigenvalue weighted by Gasteiger charge is -2.12. The van der Waals surface area contributed by atoms with Crippen LogP contribution in [0.5, 0.6) is 0 Å². The van der Waals surface area contributed by atoms with Gasteiger partial charge in [-0.3, -0.25) is 4.79 Å². The Kier molecular flexibility index (Phi) is 6.33. The monoisotopic (exact) mass is 414 g/mol. The van der Waals surface area contributed by atoms with E-state index < -0.39 is 11.9 Å². The highest BCUT2D eigenvalue weighted by molar-refractivity contribution is 7.19. The number of para-hydroxylation sites is 1. The molecule has 1 amide bonds. The number of nitrogens with zero attached hydrogens (tertiary/aromatic N) is 1. The zero-order chi connectivity index (χ0) is 21.0. The van der Waals surface area contributed by atoms with Gasteiger partial charge in [0.25, 0.3) is 0 Å². The number of carbonyl (C=O) groups excluding carboxylic acids is 3. The van der Waals surface area contributed by atoms with Gasteiger partial charge in [0.15, 0.2) is 0 Å². The first kappa shape index (κ1) is 20.6. The highest BCUT2D eigenvalue weighted by Crippen LogP contribution is 2.30. The van der Waals surface area contributed by atoms with Gasteiger partial charge in [0.1, 0.15) is 12.2 Å². The first-order valence-electron chi connectivity index (χ1n) is 9.24. The highest BCUT2D eigenvalue weighted by Gasteiger charge is 2.21. The molecule has 3 aromatic rings. The topological polar surface area (TPSA) is 86.6 Å². The number of hydrogen-bond donors (Lipinski definition) is 1. The largest absolute Gasteiger partial charge is 0.464 e. The molecule has 29 heavy (non-hydrogen) atoms. The Labute approximate surface area is 172 Å². The molecule has 0 atom stereocenters. The highest BCUT2D eigenvalue weighted by atomic mass is 32.1. The molecule has 0 saturated heterocycles. The molecule has 0 spiro atoms. The van der Waals surface area contributed by atoms with Crippen LogP contribution in [0, 0.1) is 0 Å². The molecule has 0 aliphatic carbocycles. The number of benzene rings is 1. The molecule has 3 rings (SSSR count). The van der Waals surface area contributed by atoms with Crippen LogP contribution in [0.15, 0.2) is 36.4 Å². The van der Waals surface area contributed by atoms with Crippen LogP contribution in [-0.2, 0) is 27.2 Å². The third-order valence-electron chi connectivity index (χ3n) is 4.38. The fraction of sp³-hybridized carbons (Fsp3) is 0.286. The van der Waals surface area contributed by atoms with Gasteiger partial charge >= 0.3 is 11.9 Å². The lowest BCUT2D eigenvalue weighted by atomic mass is 10.2. The van der Waals surface area contributed by atoms with E-state index >= 15 is 0 Å². The SMILES string of the molecule is CCOC(=O)c1ccccc1NC(=O)Cn1c(C(=O)OC)cc2sc(CC)cc21. The minimum absolute atomic E-state index is 0.0923. The summed E-state index contributed by atoms with van der Waals surface area (Å²) < 4.78 is 12.5. The second-order valence-electron chi connectivity index (χ2n) is 6.24. The third-order valence-corrected chi connectivity index (χ3v) is 5.60. The van der Waals surface area contributed by atoms with Gasteiger partial charge in [0, 0.05) is 4.88 Å². The van der Waals surface area contributed by atoms with Gasteiger partial charge in [-0.2, -0.15) is 0 Å². The van der Waals surface area contributed by atoms with E-state index in [1.165, 1.54) is 7.11 Å². The van der Waals surface area contributed by atoms with Gasteiger partial charge in [-0.15, -0.1) is 11.3 Å². The van der Waals surface area contributed by atoms with Crippen LogP contribution >= 0.6 is 11.3 Å². The number of thiophene rings is 1. The first-order valence-corrected chi connectivity index (χ1v) is 10.1. The first-order chi connectivity index (χ1) is 14.0. The molecule has 8 heteroatoms. The second-order valence-corrected chi connectivity index (χ2v) is 7.41. The number of carbonyl (C=O) groups is 3. The number of amides is 1. The Balaban J connectivity index is 1.89. The van der Waals surface area contributed by atoms with Crippen molar-refractivity contribution in [3.63, 3.8) is 0 Å². The van der Waals surface area contributed by atoms with Gasteiger partial charge in [0.05, 0.1) is 35.2 Å². The number of rotatable bonds is 7. The van der Waals surface area contributed by atoms with E-state index in [0.717, 1.165) is 21.5 Å². The van der Waals surface area contributed by atoms with Gasteiger partial charge < -0.3 is 19.4 Å². The number of esters is 2. The van der Waals surface area contributed by atoms with Crippen LogP contribution in [-0.4, -0.2) is 36.1 Å². The molecule has 2 heterocycles. The Morgan fingerprint density at radius 2 is 1.86 bits per heavy atom. The van der Waals surface area contributed by atoms with Crippen LogP contribution in [0.4, 0.5) is 5.69 Å². The van der Waals surface area contributed by atoms with Crippen molar-refractivity contribution in [2.45, 2.75) is 26.8 Å². The van der Waals surface area contributed by atoms with Crippen molar-refractivity contribution in [1.29, 1.82) is 0 Å². The predicted molar refractivity (Wildman–Crippen MR) is 112 cm³/mol. The summed E-state index contributed by atoms with van der Waals surface area (Å²) in [6, 6.07) is 10.4. The van der Waals surface area contributed by atoms with Crippen LogP contribution in [0.1, 0.15) is 39.6 Å². The van der Waals surface area contributed by atoms with Gasteiger partial charge in [-0.1, -0.05) is 19.1 Å². The minimum Gasteiger partial charge on any atom is -0.464 e. The number of aryl methyl sites for hydroxylation is 1. The average molecular weight is 414 g/mol. The summed E-state index contributed by atoms with van der Waals surface area (Å²) in [5, 5.41) is 2.75. The van der Waals surface area contributed by atoms with Crippen molar-refractivity contribution in [1.82, 2.24) is 4.57 Å². The number of fused-ring (bicyclic) bond motifs is 1. The van der Waals surface area contributed by atoms with Crippen LogP contribution in [0.25, 0.3) is 10.2 Å². The Morgan fingerprint density at radius 3 is 2.55 bits per heavy atom. The molecule has 0 radical (unpaired) electrons. The molecule has 0 aliphatic heterocycles. The van der Waals surface area contributed by atoms with E-state index in [0.29, 0.717) is 11.4 Å². The lowest BCUT2D eigenvalue weighted by molar-refractivity contribution is -0.116. The van der Waals surface area contributed by atoms with Gasteiger partial charge in [-0.25, -0.2) is 9.59 Å². The second kappa shape index (κ2) is 8.91. The molecule has 0 fully saturated rings. The quantitative estimate of drug-likeness (QED) is 0.593. The van der Waals surface area contributed by atoms with Crippen molar-refractivity contribution in [3.05, 3.63) is 52.5 Å². The van der Waals surface area contributed by atoms with Crippen molar-refractivity contribution in [2.24, 2.45) is 0 Å². The van der Waals surface area contributed by atoms with E-state index in [9.17, 15) is 14.4 Å². The van der Waals surface area contributed by atoms with E-state index in [1.807, 2.05) is 6.07 Å². The molecule has 152 valence electrons. The zero-order valence-electron chi connectivity index (χ0n) is 16.5. The molecule has 0 saturated carbocycles. The van der Waals surface area contributed by atoms with Gasteiger partial charge in [0.2, 0.25) is 5.91 Å². The number of anilines is 1.